The van der Waals surface area contributed by atoms with Gasteiger partial charge < -0.3 is 15.2 Å². The monoisotopic (exact) mass is 286 g/mol. The van der Waals surface area contributed by atoms with Gasteiger partial charge in [0, 0.05) is 20.3 Å². The molecule has 1 saturated heterocycles. The molecule has 1 rings (SSSR count). The molecular formula is C14H26N2O4. The van der Waals surface area contributed by atoms with Gasteiger partial charge in [0.15, 0.2) is 0 Å². The van der Waals surface area contributed by atoms with Crippen LogP contribution in [0.5, 0.6) is 0 Å². The van der Waals surface area contributed by atoms with Crippen molar-refractivity contribution in [1.82, 2.24) is 4.90 Å². The van der Waals surface area contributed by atoms with Crippen LogP contribution >= 0.6 is 0 Å². The van der Waals surface area contributed by atoms with E-state index in [-0.39, 0.29) is 5.92 Å². The van der Waals surface area contributed by atoms with E-state index < -0.39 is 23.6 Å². The molecular weight excluding hydrogens is 260 g/mol. The molecule has 0 saturated carbocycles. The van der Waals surface area contributed by atoms with Crippen LogP contribution < -0.4 is 5.73 Å². The second-order valence-electron chi connectivity index (χ2n) is 6.33. The van der Waals surface area contributed by atoms with Gasteiger partial charge >= 0.3 is 6.09 Å². The predicted molar refractivity (Wildman–Crippen MR) is 75.1 cm³/mol. The molecule has 2 unspecified atom stereocenters. The highest BCUT2D eigenvalue weighted by Crippen LogP contribution is 2.21. The van der Waals surface area contributed by atoms with Gasteiger partial charge in [-0.15, -0.1) is 0 Å². The van der Waals surface area contributed by atoms with Crippen LogP contribution in [0.25, 0.3) is 0 Å². The molecule has 1 aliphatic heterocycles. The molecule has 20 heavy (non-hydrogen) atoms. The standard InChI is InChI=1S/C14H26N2O4/c1-14(2,3)20-13(18)16(4)11(12(15)17)8-10-6-5-7-19-9-10/h10-11H,5-9H2,1-4H3,(H2,15,17). The number of hydrogen-bond acceptors (Lipinski definition) is 4. The Morgan fingerprint density at radius 3 is 2.55 bits per heavy atom. The molecule has 0 aromatic rings. The molecule has 116 valence electrons. The molecule has 0 spiro atoms. The lowest BCUT2D eigenvalue weighted by Gasteiger charge is -2.32. The van der Waals surface area contributed by atoms with E-state index in [9.17, 15) is 9.59 Å². The van der Waals surface area contributed by atoms with E-state index in [2.05, 4.69) is 0 Å². The van der Waals surface area contributed by atoms with Crippen LogP contribution in [-0.4, -0.2) is 48.8 Å². The molecule has 2 N–H and O–H groups in total. The average molecular weight is 286 g/mol. The maximum atomic E-state index is 12.0. The van der Waals surface area contributed by atoms with Gasteiger partial charge in [0.1, 0.15) is 11.6 Å². The summed E-state index contributed by atoms with van der Waals surface area (Å²) in [5.41, 5.74) is 4.83. The third kappa shape index (κ3) is 5.36. The van der Waals surface area contributed by atoms with E-state index in [1.165, 1.54) is 4.90 Å². The van der Waals surface area contributed by atoms with E-state index in [4.69, 9.17) is 15.2 Å². The van der Waals surface area contributed by atoms with Gasteiger partial charge in [0.25, 0.3) is 0 Å². The van der Waals surface area contributed by atoms with Gasteiger partial charge in [-0.05, 0) is 46.0 Å². The van der Waals surface area contributed by atoms with Gasteiger partial charge in [-0.3, -0.25) is 9.69 Å². The molecule has 2 atom stereocenters. The summed E-state index contributed by atoms with van der Waals surface area (Å²) in [5.74, 6) is -0.255. The lowest BCUT2D eigenvalue weighted by Crippen LogP contribution is -2.48. The summed E-state index contributed by atoms with van der Waals surface area (Å²) >= 11 is 0. The van der Waals surface area contributed by atoms with Crippen molar-refractivity contribution in [2.45, 2.75) is 51.7 Å². The summed E-state index contributed by atoms with van der Waals surface area (Å²) in [6.07, 6.45) is 1.96. The topological polar surface area (TPSA) is 81.9 Å². The van der Waals surface area contributed by atoms with Crippen molar-refractivity contribution < 1.29 is 19.1 Å². The largest absolute Gasteiger partial charge is 0.444 e. The molecule has 1 aliphatic rings. The second kappa shape index (κ2) is 6.92. The van der Waals surface area contributed by atoms with Crippen LogP contribution in [0.15, 0.2) is 0 Å². The molecule has 0 aromatic heterocycles. The molecule has 0 radical (unpaired) electrons. The Hall–Kier alpha value is -1.30. The molecule has 1 fully saturated rings. The first-order valence-corrected chi connectivity index (χ1v) is 7.03. The normalized spacial score (nSPS) is 21.1. The first-order valence-electron chi connectivity index (χ1n) is 7.03. The van der Waals surface area contributed by atoms with Gasteiger partial charge in [-0.2, -0.15) is 0 Å². The van der Waals surface area contributed by atoms with Crippen molar-refractivity contribution in [3.63, 3.8) is 0 Å². The molecule has 0 aliphatic carbocycles. The van der Waals surface area contributed by atoms with Crippen LogP contribution in [0, 0.1) is 5.92 Å². The van der Waals surface area contributed by atoms with Crippen molar-refractivity contribution in [3.8, 4) is 0 Å². The highest BCUT2D eigenvalue weighted by atomic mass is 16.6. The first kappa shape index (κ1) is 16.8. The molecule has 2 amide bonds. The van der Waals surface area contributed by atoms with Gasteiger partial charge in [0.05, 0.1) is 0 Å². The highest BCUT2D eigenvalue weighted by molar-refractivity contribution is 5.84. The summed E-state index contributed by atoms with van der Waals surface area (Å²) in [5, 5.41) is 0. The SMILES string of the molecule is CN(C(=O)OC(C)(C)C)C(CC1CCCOC1)C(N)=O. The maximum absolute atomic E-state index is 12.0. The zero-order valence-electron chi connectivity index (χ0n) is 12.8. The Morgan fingerprint density at radius 1 is 1.45 bits per heavy atom. The summed E-state index contributed by atoms with van der Waals surface area (Å²) in [6, 6.07) is -0.656. The van der Waals surface area contributed by atoms with Crippen molar-refractivity contribution in [3.05, 3.63) is 0 Å². The fraction of sp³-hybridized carbons (Fsp3) is 0.857. The van der Waals surface area contributed by atoms with Gasteiger partial charge in [-0.1, -0.05) is 0 Å². The van der Waals surface area contributed by atoms with Crippen LogP contribution in [0.4, 0.5) is 4.79 Å². The van der Waals surface area contributed by atoms with Gasteiger partial charge in [0.2, 0.25) is 5.91 Å². The van der Waals surface area contributed by atoms with Crippen LogP contribution in [0.3, 0.4) is 0 Å². The number of primary amides is 1. The second-order valence-corrected chi connectivity index (χ2v) is 6.33. The quantitative estimate of drug-likeness (QED) is 0.849. The number of amides is 2. The van der Waals surface area contributed by atoms with Crippen molar-refractivity contribution in [2.24, 2.45) is 11.7 Å². The minimum Gasteiger partial charge on any atom is -0.444 e. The summed E-state index contributed by atoms with van der Waals surface area (Å²) in [7, 11) is 1.55. The Bertz CT molecular complexity index is 346. The predicted octanol–water partition coefficient (Wildman–Crippen LogP) is 1.52. The number of carbonyl (C=O) groups is 2. The van der Waals surface area contributed by atoms with Crippen LogP contribution in [0.1, 0.15) is 40.0 Å². The fourth-order valence-electron chi connectivity index (χ4n) is 2.24. The minimum atomic E-state index is -0.656. The lowest BCUT2D eigenvalue weighted by molar-refractivity contribution is -0.123. The van der Waals surface area contributed by atoms with E-state index in [1.807, 2.05) is 0 Å². The summed E-state index contributed by atoms with van der Waals surface area (Å²) in [6.45, 7) is 6.73. The van der Waals surface area contributed by atoms with Crippen molar-refractivity contribution in [1.29, 1.82) is 0 Å². The summed E-state index contributed by atoms with van der Waals surface area (Å²) < 4.78 is 10.7. The third-order valence-electron chi connectivity index (χ3n) is 3.29. The maximum Gasteiger partial charge on any atom is 0.410 e. The van der Waals surface area contributed by atoms with Crippen LogP contribution in [-0.2, 0) is 14.3 Å². The van der Waals surface area contributed by atoms with Gasteiger partial charge in [-0.25, -0.2) is 4.79 Å². The number of nitrogens with two attached hydrogens (primary N) is 1. The zero-order valence-corrected chi connectivity index (χ0v) is 12.8. The number of nitrogens with zero attached hydrogens (tertiary/aromatic N) is 1. The molecule has 1 heterocycles. The van der Waals surface area contributed by atoms with E-state index in [0.717, 1.165) is 19.4 Å². The molecule has 0 aromatic carbocycles. The Kier molecular flexibility index (Phi) is 5.80. The lowest BCUT2D eigenvalue weighted by atomic mass is 9.93. The van der Waals surface area contributed by atoms with Crippen LogP contribution in [0.2, 0.25) is 0 Å². The van der Waals surface area contributed by atoms with E-state index >= 15 is 0 Å². The highest BCUT2D eigenvalue weighted by Gasteiger charge is 2.31. The first-order chi connectivity index (χ1) is 9.20. The average Bonchev–Trinajstić information content (AvgIpc) is 2.34. The number of rotatable bonds is 4. The number of likely N-dealkylation sites (N-methyl/N-ethyl adjacent to an activating group) is 1. The van der Waals surface area contributed by atoms with E-state index in [0.29, 0.717) is 13.0 Å². The Labute approximate surface area is 120 Å². The van der Waals surface area contributed by atoms with Crippen molar-refractivity contribution >= 4 is 12.0 Å². The summed E-state index contributed by atoms with van der Waals surface area (Å²) in [4.78, 5) is 24.9. The van der Waals surface area contributed by atoms with E-state index in [1.54, 1.807) is 27.8 Å². The Balaban J connectivity index is 2.64. The Morgan fingerprint density at radius 2 is 2.10 bits per heavy atom. The molecule has 6 nitrogen and oxygen atoms in total. The molecule has 0 bridgehead atoms. The number of ether oxygens (including phenoxy) is 2. The molecule has 6 heteroatoms. The smallest absolute Gasteiger partial charge is 0.410 e. The fourth-order valence-corrected chi connectivity index (χ4v) is 2.24. The number of carbonyl (C=O) groups excluding carboxylic acids is 2. The zero-order chi connectivity index (χ0) is 15.3. The minimum absolute atomic E-state index is 0.256. The third-order valence-corrected chi connectivity index (χ3v) is 3.29. The number of hydrogen-bond donors (Lipinski definition) is 1. The van der Waals surface area contributed by atoms with Crippen molar-refractivity contribution in [2.75, 3.05) is 20.3 Å².